The SMILES string of the molecule is COc1cc(OC)cc(N(CCNC(C)C)c2ccc3ncc(-c4cnn(C(C)(C)C)c4)nc3c2)c1. The van der Waals surface area contributed by atoms with Crippen molar-refractivity contribution in [3.8, 4) is 22.8 Å². The van der Waals surface area contributed by atoms with Crippen LogP contribution in [0.15, 0.2) is 55.0 Å². The molecule has 190 valence electrons. The Bertz CT molecular complexity index is 1300. The van der Waals surface area contributed by atoms with Crippen molar-refractivity contribution >= 4 is 22.4 Å². The number of ether oxygens (including phenoxy) is 2. The molecular weight excluding hydrogens is 452 g/mol. The van der Waals surface area contributed by atoms with E-state index in [0.29, 0.717) is 6.04 Å². The Balaban J connectivity index is 1.74. The normalized spacial score (nSPS) is 11.8. The second-order valence-corrected chi connectivity index (χ2v) is 10.1. The summed E-state index contributed by atoms with van der Waals surface area (Å²) in [4.78, 5) is 11.9. The molecule has 0 atom stereocenters. The average molecular weight is 489 g/mol. The van der Waals surface area contributed by atoms with Crippen LogP contribution in [0.4, 0.5) is 11.4 Å². The predicted molar refractivity (Wildman–Crippen MR) is 145 cm³/mol. The van der Waals surface area contributed by atoms with Gasteiger partial charge in [0.2, 0.25) is 0 Å². The summed E-state index contributed by atoms with van der Waals surface area (Å²) < 4.78 is 13.0. The van der Waals surface area contributed by atoms with Crippen LogP contribution in [-0.2, 0) is 5.54 Å². The maximum atomic E-state index is 5.53. The van der Waals surface area contributed by atoms with E-state index in [1.807, 2.05) is 47.5 Å². The summed E-state index contributed by atoms with van der Waals surface area (Å²) in [6, 6.07) is 12.5. The van der Waals surface area contributed by atoms with E-state index in [0.717, 1.165) is 58.3 Å². The first kappa shape index (κ1) is 25.4. The predicted octanol–water partition coefficient (Wildman–Crippen LogP) is 5.40. The first-order chi connectivity index (χ1) is 17.2. The Kier molecular flexibility index (Phi) is 7.45. The molecule has 2 heterocycles. The quantitative estimate of drug-likeness (QED) is 0.338. The van der Waals surface area contributed by atoms with E-state index in [-0.39, 0.29) is 5.54 Å². The number of nitrogens with one attached hydrogen (secondary N) is 1. The highest BCUT2D eigenvalue weighted by Gasteiger charge is 2.17. The number of hydrogen-bond acceptors (Lipinski definition) is 7. The zero-order valence-electron chi connectivity index (χ0n) is 22.2. The van der Waals surface area contributed by atoms with E-state index in [4.69, 9.17) is 14.5 Å². The van der Waals surface area contributed by atoms with Crippen LogP contribution in [0.3, 0.4) is 0 Å². The van der Waals surface area contributed by atoms with Crippen molar-refractivity contribution in [2.45, 2.75) is 46.2 Å². The molecule has 0 saturated carbocycles. The molecule has 0 aliphatic rings. The Morgan fingerprint density at radius 3 is 2.28 bits per heavy atom. The van der Waals surface area contributed by atoms with Crippen molar-refractivity contribution in [2.24, 2.45) is 0 Å². The van der Waals surface area contributed by atoms with Gasteiger partial charge in [0.05, 0.1) is 48.9 Å². The number of methoxy groups -OCH3 is 2. The minimum Gasteiger partial charge on any atom is -0.497 e. The van der Waals surface area contributed by atoms with Gasteiger partial charge in [-0.2, -0.15) is 5.10 Å². The van der Waals surface area contributed by atoms with Gasteiger partial charge >= 0.3 is 0 Å². The number of nitrogens with zero attached hydrogens (tertiary/aromatic N) is 5. The monoisotopic (exact) mass is 488 g/mol. The Morgan fingerprint density at radius 1 is 0.944 bits per heavy atom. The smallest absolute Gasteiger partial charge is 0.124 e. The highest BCUT2D eigenvalue weighted by molar-refractivity contribution is 5.82. The molecule has 0 spiro atoms. The molecule has 36 heavy (non-hydrogen) atoms. The highest BCUT2D eigenvalue weighted by atomic mass is 16.5. The molecule has 2 aromatic carbocycles. The maximum Gasteiger partial charge on any atom is 0.124 e. The summed E-state index contributed by atoms with van der Waals surface area (Å²) in [5.41, 5.74) is 5.30. The molecule has 0 bridgehead atoms. The van der Waals surface area contributed by atoms with Gasteiger partial charge in [-0.1, -0.05) is 13.8 Å². The molecular formula is C28H36N6O2. The lowest BCUT2D eigenvalue weighted by molar-refractivity contribution is 0.355. The zero-order chi connectivity index (χ0) is 25.9. The fraction of sp³-hybridized carbons (Fsp3) is 0.393. The molecule has 0 aliphatic carbocycles. The van der Waals surface area contributed by atoms with Crippen molar-refractivity contribution in [2.75, 3.05) is 32.2 Å². The van der Waals surface area contributed by atoms with Crippen LogP contribution in [0.2, 0.25) is 0 Å². The lowest BCUT2D eigenvalue weighted by atomic mass is 10.1. The first-order valence-electron chi connectivity index (χ1n) is 12.2. The second-order valence-electron chi connectivity index (χ2n) is 10.1. The largest absolute Gasteiger partial charge is 0.497 e. The van der Waals surface area contributed by atoms with Gasteiger partial charge in [0.15, 0.2) is 0 Å². The molecule has 8 nitrogen and oxygen atoms in total. The van der Waals surface area contributed by atoms with E-state index >= 15 is 0 Å². The molecule has 4 rings (SSSR count). The van der Waals surface area contributed by atoms with E-state index in [1.54, 1.807) is 14.2 Å². The van der Waals surface area contributed by atoms with Gasteiger partial charge in [-0.3, -0.25) is 9.67 Å². The minimum absolute atomic E-state index is 0.0992. The van der Waals surface area contributed by atoms with Crippen molar-refractivity contribution in [1.82, 2.24) is 25.1 Å². The van der Waals surface area contributed by atoms with Crippen LogP contribution in [0.25, 0.3) is 22.3 Å². The number of rotatable bonds is 9. The Hall–Kier alpha value is -3.65. The lowest BCUT2D eigenvalue weighted by Gasteiger charge is -2.27. The van der Waals surface area contributed by atoms with Crippen molar-refractivity contribution in [3.05, 3.63) is 55.0 Å². The molecule has 8 heteroatoms. The van der Waals surface area contributed by atoms with Crippen LogP contribution in [0, 0.1) is 0 Å². The average Bonchev–Trinajstić information content (AvgIpc) is 3.37. The van der Waals surface area contributed by atoms with Crippen LogP contribution in [0.5, 0.6) is 11.5 Å². The topological polar surface area (TPSA) is 77.3 Å². The van der Waals surface area contributed by atoms with Crippen molar-refractivity contribution < 1.29 is 9.47 Å². The van der Waals surface area contributed by atoms with Gasteiger partial charge < -0.3 is 19.7 Å². The third kappa shape index (κ3) is 5.76. The Morgan fingerprint density at radius 2 is 1.67 bits per heavy atom. The molecule has 0 radical (unpaired) electrons. The van der Waals surface area contributed by atoms with Crippen LogP contribution in [-0.4, -0.2) is 53.1 Å². The van der Waals surface area contributed by atoms with E-state index in [2.05, 4.69) is 67.1 Å². The second kappa shape index (κ2) is 10.5. The molecule has 0 amide bonds. The molecule has 0 saturated heterocycles. The summed E-state index contributed by atoms with van der Waals surface area (Å²) in [6.07, 6.45) is 5.67. The number of anilines is 2. The zero-order valence-corrected chi connectivity index (χ0v) is 22.2. The summed E-state index contributed by atoms with van der Waals surface area (Å²) in [6.45, 7) is 12.2. The number of hydrogen-bond donors (Lipinski definition) is 1. The van der Waals surface area contributed by atoms with Gasteiger partial charge in [-0.25, -0.2) is 4.98 Å². The van der Waals surface area contributed by atoms with Crippen LogP contribution >= 0.6 is 0 Å². The standard InChI is InChI=1S/C28H36N6O2/c1-19(2)29-10-11-33(22-12-23(35-6)15-24(13-22)36-7)21-8-9-25-26(14-21)32-27(17-30-25)20-16-31-34(18-20)28(3,4)5/h8-9,12-19,29H,10-11H2,1-7H3. The minimum atomic E-state index is -0.0992. The summed E-state index contributed by atoms with van der Waals surface area (Å²) in [5, 5.41) is 8.03. The van der Waals surface area contributed by atoms with Crippen LogP contribution in [0.1, 0.15) is 34.6 Å². The summed E-state index contributed by atoms with van der Waals surface area (Å²) in [7, 11) is 3.33. The van der Waals surface area contributed by atoms with E-state index in [9.17, 15) is 0 Å². The number of aromatic nitrogens is 4. The van der Waals surface area contributed by atoms with Gasteiger partial charge in [0.1, 0.15) is 11.5 Å². The molecule has 1 N–H and O–H groups in total. The third-order valence-electron chi connectivity index (χ3n) is 5.94. The fourth-order valence-corrected chi connectivity index (χ4v) is 3.95. The maximum absolute atomic E-state index is 5.53. The van der Waals surface area contributed by atoms with Gasteiger partial charge in [-0.15, -0.1) is 0 Å². The van der Waals surface area contributed by atoms with Crippen molar-refractivity contribution in [1.29, 1.82) is 0 Å². The van der Waals surface area contributed by atoms with E-state index < -0.39 is 0 Å². The summed E-state index contributed by atoms with van der Waals surface area (Å²) >= 11 is 0. The van der Waals surface area contributed by atoms with Gasteiger partial charge in [0.25, 0.3) is 0 Å². The first-order valence-corrected chi connectivity index (χ1v) is 12.2. The van der Waals surface area contributed by atoms with Crippen LogP contribution < -0.4 is 19.7 Å². The molecule has 0 aliphatic heterocycles. The number of benzene rings is 2. The fourth-order valence-electron chi connectivity index (χ4n) is 3.95. The van der Waals surface area contributed by atoms with Gasteiger partial charge in [-0.05, 0) is 39.0 Å². The molecule has 2 aromatic heterocycles. The molecule has 0 unspecified atom stereocenters. The Labute approximate surface area is 213 Å². The third-order valence-corrected chi connectivity index (χ3v) is 5.94. The van der Waals surface area contributed by atoms with Gasteiger partial charge in [0, 0.05) is 60.5 Å². The highest BCUT2D eigenvalue weighted by Crippen LogP contribution is 2.34. The number of fused-ring (bicyclic) bond motifs is 1. The van der Waals surface area contributed by atoms with Crippen molar-refractivity contribution in [3.63, 3.8) is 0 Å². The molecule has 4 aromatic rings. The lowest BCUT2D eigenvalue weighted by Crippen LogP contribution is -2.32. The molecule has 0 fully saturated rings. The summed E-state index contributed by atoms with van der Waals surface area (Å²) in [5.74, 6) is 1.48. The van der Waals surface area contributed by atoms with E-state index in [1.165, 1.54) is 0 Å².